The smallest absolute Gasteiger partial charge is 0.377 e. The van der Waals surface area contributed by atoms with Gasteiger partial charge in [-0.15, -0.1) is 0 Å². The minimum Gasteiger partial charge on any atom is -0.377 e. The van der Waals surface area contributed by atoms with Crippen LogP contribution in [0, 0.1) is 139 Å². The Kier molecular flexibility index (Phi) is 177. The van der Waals surface area contributed by atoms with Crippen LogP contribution in [-0.4, -0.2) is 26.4 Å². The number of hydrogen-bond donors (Lipinski definition) is 0. The maximum absolute atomic E-state index is 4.94. The zero-order valence-corrected chi connectivity index (χ0v) is 17.8. The molecule has 0 saturated carbocycles. The van der Waals surface area contributed by atoms with Crippen molar-refractivity contribution in [1.29, 1.82) is 0 Å². The molecule has 0 atom stereocenters. The molecule has 2 nitrogen and oxygen atoms in total. The van der Waals surface area contributed by atoms with E-state index in [-0.39, 0.29) is 75.5 Å². The Labute approximate surface area is 210 Å². The third-order valence-corrected chi connectivity index (χ3v) is 0.744. The molecule has 5 heteroatoms. The van der Waals surface area contributed by atoms with Crippen LogP contribution in [0.3, 0.4) is 0 Å². The van der Waals surface area contributed by atoms with Gasteiger partial charge in [0.15, 0.2) is 0 Å². The van der Waals surface area contributed by atoms with Gasteiger partial charge in [0.1, 0.15) is 0 Å². The molecule has 0 aliphatic carbocycles. The predicted octanol–water partition coefficient (Wildman–Crippen LogP) is -1.66. The van der Waals surface area contributed by atoms with Crippen molar-refractivity contribution in [3.8, 4) is 0 Å². The van der Waals surface area contributed by atoms with Gasteiger partial charge in [-0.3, -0.25) is 0 Å². The fraction of sp³-hybridized carbons (Fsp3) is 0.211. The summed E-state index contributed by atoms with van der Waals surface area (Å²) >= 11 is 0. The second-order valence-corrected chi connectivity index (χ2v) is 2.67. The third-order valence-electron chi connectivity index (χ3n) is 0.744. The van der Waals surface area contributed by atoms with Crippen molar-refractivity contribution in [2.24, 2.45) is 0 Å². The summed E-state index contributed by atoms with van der Waals surface area (Å²) in [5.41, 5.74) is 0. The topological polar surface area (TPSA) is 18.5 Å². The molecule has 24 heavy (non-hydrogen) atoms. The molecule has 0 aromatic heterocycles. The van der Waals surface area contributed by atoms with E-state index < -0.39 is 0 Å². The van der Waals surface area contributed by atoms with Gasteiger partial charge >= 0.3 is 37.7 Å². The van der Waals surface area contributed by atoms with E-state index in [0.29, 0.717) is 0 Å². The quantitative estimate of drug-likeness (QED) is 0.393. The third kappa shape index (κ3) is 190. The van der Waals surface area contributed by atoms with E-state index in [1.165, 1.54) is 32.1 Å². The van der Waals surface area contributed by atoms with Crippen molar-refractivity contribution in [3.63, 3.8) is 0 Å². The van der Waals surface area contributed by atoms with Crippen LogP contribution in [0.4, 0.5) is 0 Å². The van der Waals surface area contributed by atoms with Crippen LogP contribution in [0.5, 0.6) is 0 Å². The normalized spacial score (nSPS) is 9.75. The minimum atomic E-state index is 0. The summed E-state index contributed by atoms with van der Waals surface area (Å²) in [6.45, 7) is 35.6. The summed E-state index contributed by atoms with van der Waals surface area (Å²) in [5, 5.41) is 0. The second-order valence-electron chi connectivity index (χ2n) is 2.67. The maximum Gasteiger partial charge on any atom is 1.00 e. The van der Waals surface area contributed by atoms with Gasteiger partial charge in [0.05, 0.1) is 26.4 Å². The molecule has 1 saturated heterocycles. The van der Waals surface area contributed by atoms with E-state index in [1.54, 1.807) is 0 Å². The van der Waals surface area contributed by atoms with E-state index >= 15 is 0 Å². The van der Waals surface area contributed by atoms with Gasteiger partial charge < -0.3 is 9.47 Å². The first kappa shape index (κ1) is 50.3. The minimum absolute atomic E-state index is 0. The largest absolute Gasteiger partial charge is 1.00 e. The Morgan fingerprint density at radius 1 is 0.417 bits per heavy atom. The summed E-state index contributed by atoms with van der Waals surface area (Å²) in [4.78, 5) is 0. The molecule has 1 aliphatic rings. The molecule has 132 valence electrons. The molecule has 0 N–H and O–H groups in total. The predicted molar refractivity (Wildman–Crippen MR) is 96.7 cm³/mol. The van der Waals surface area contributed by atoms with Crippen LogP contribution in [0.15, 0.2) is 0 Å². The molecule has 1 heterocycles. The molecular weight excluding hydrogens is 439 g/mol. The molecule has 0 unspecified atom stereocenters. The molecule has 1 rings (SSSR count). The molecule has 0 spiro atoms. The number of rotatable bonds is 0. The molecule has 0 amide bonds. The van der Waals surface area contributed by atoms with Crippen LogP contribution >= 0.6 is 0 Å². The zero-order chi connectivity index (χ0) is 17.8. The molecule has 1 aliphatic heterocycles. The van der Waals surface area contributed by atoms with Crippen LogP contribution in [0.1, 0.15) is 0 Å². The first-order valence-corrected chi connectivity index (χ1v) is 6.24. The van der Waals surface area contributed by atoms with Crippen LogP contribution in [0.25, 0.3) is 0 Å². The average molecular weight is 472 g/mol. The van der Waals surface area contributed by atoms with E-state index in [0.717, 1.165) is 26.4 Å². The van der Waals surface area contributed by atoms with E-state index in [9.17, 15) is 0 Å². The van der Waals surface area contributed by atoms with Crippen LogP contribution < -0.4 is 37.7 Å². The van der Waals surface area contributed by atoms with Gasteiger partial charge in [-0.1, -0.05) is 0 Å². The monoisotopic (exact) mass is 472 g/mol. The van der Waals surface area contributed by atoms with Crippen molar-refractivity contribution in [1.82, 2.24) is 0 Å². The Bertz CT molecular complexity index is 74.3. The number of hydrogen-bond acceptors (Lipinski definition) is 2. The van der Waals surface area contributed by atoms with Crippen molar-refractivity contribution >= 4 is 0 Å². The van der Waals surface area contributed by atoms with Crippen molar-refractivity contribution in [2.45, 2.75) is 0 Å². The number of ether oxygens (including phenoxy) is 2. The Hall–Kier alpha value is 2.37. The van der Waals surface area contributed by atoms with Gasteiger partial charge in [0.25, 0.3) is 0 Å². The molecule has 1 fully saturated rings. The van der Waals surface area contributed by atoms with Gasteiger partial charge in [-0.25, -0.2) is 0 Å². The average Bonchev–Trinajstić information content (AvgIpc) is 2.45. The van der Waals surface area contributed by atoms with Gasteiger partial charge in [-0.05, 0) is 101 Å². The van der Waals surface area contributed by atoms with Crippen LogP contribution in [0.2, 0.25) is 0 Å². The Morgan fingerprint density at radius 2 is 0.500 bits per heavy atom. The summed E-state index contributed by atoms with van der Waals surface area (Å²) < 4.78 is 9.89. The molecule has 0 bridgehead atoms. The van der Waals surface area contributed by atoms with Gasteiger partial charge in [-0.2, -0.15) is 0 Å². The van der Waals surface area contributed by atoms with E-state index in [2.05, 4.69) is 69.2 Å². The summed E-state index contributed by atoms with van der Waals surface area (Å²) in [7, 11) is 0. The fourth-order valence-corrected chi connectivity index (χ4v) is 0.440. The first-order valence-electron chi connectivity index (χ1n) is 6.24. The van der Waals surface area contributed by atoms with E-state index in [4.69, 9.17) is 9.47 Å². The summed E-state index contributed by atoms with van der Waals surface area (Å²) in [5.74, 6) is 0. The van der Waals surface area contributed by atoms with Crippen molar-refractivity contribution in [3.05, 3.63) is 101 Å². The zero-order valence-electron chi connectivity index (χ0n) is 15.9. The standard InChI is InChI=1S/C4H8O2.5C3H5.Ho.2Li/c1-2-6-4-3-5-1;5*1-3-2;;;/h1-4H2;5*3H,1-2H2;;;/q;;;;;;;2*+1. The van der Waals surface area contributed by atoms with Crippen LogP contribution in [-0.2, 0) is 9.47 Å². The maximum atomic E-state index is 4.94. The molecule has 16 radical (unpaired) electrons. The van der Waals surface area contributed by atoms with Crippen molar-refractivity contribution < 1.29 is 84.9 Å². The second kappa shape index (κ2) is 84.3. The summed E-state index contributed by atoms with van der Waals surface area (Å²) in [6.07, 6.45) is 7.50. The van der Waals surface area contributed by atoms with Crippen molar-refractivity contribution in [2.75, 3.05) is 26.4 Å². The first-order chi connectivity index (χ1) is 10.1. The molecular formula is C19H33HoLi2O2+2. The Morgan fingerprint density at radius 3 is 0.542 bits per heavy atom. The SMILES string of the molecule is C1COCCO1.[CH2][CH][CH2].[CH2][CH][CH2].[CH2][CH][CH2].[CH2][CH][CH2].[CH2][CH][CH2].[Ho].[Li+].[Li+]. The Balaban J connectivity index is -0.0000000216. The van der Waals surface area contributed by atoms with E-state index in [1.807, 2.05) is 0 Å². The fourth-order valence-electron chi connectivity index (χ4n) is 0.440. The summed E-state index contributed by atoms with van der Waals surface area (Å²) in [6, 6.07) is 0. The molecule has 0 aromatic carbocycles. The van der Waals surface area contributed by atoms with Gasteiger partial charge in [0.2, 0.25) is 0 Å². The molecule has 0 aromatic rings. The van der Waals surface area contributed by atoms with Gasteiger partial charge in [0, 0.05) is 37.7 Å².